The van der Waals surface area contributed by atoms with E-state index >= 15 is 0 Å². The van der Waals surface area contributed by atoms with Gasteiger partial charge in [0.15, 0.2) is 5.76 Å². The monoisotopic (exact) mass is 491 g/mol. The van der Waals surface area contributed by atoms with Crippen LogP contribution in [0.3, 0.4) is 0 Å². The Morgan fingerprint density at radius 1 is 0.914 bits per heavy atom. The summed E-state index contributed by atoms with van der Waals surface area (Å²) in [5.74, 6) is 0.983. The minimum absolute atomic E-state index is 0.00605. The number of rotatable bonds is 8. The lowest BCUT2D eigenvalue weighted by atomic mass is 10.0. The molecular weight excluding hydrogens is 466 g/mol. The third-order valence-corrected chi connectivity index (χ3v) is 6.87. The zero-order valence-corrected chi connectivity index (χ0v) is 20.4. The maximum Gasteiger partial charge on any atom is 0.300 e. The fourth-order valence-corrected chi connectivity index (χ4v) is 4.56. The average Bonchev–Trinajstić information content (AvgIpc) is 3.24. The highest BCUT2D eigenvalue weighted by atomic mass is 32.2. The summed E-state index contributed by atoms with van der Waals surface area (Å²) < 4.78 is 43.4. The average molecular weight is 492 g/mol. The smallest absolute Gasteiger partial charge is 0.300 e. The van der Waals surface area contributed by atoms with Crippen LogP contribution in [0.5, 0.6) is 11.5 Å². The largest absolute Gasteiger partial charge is 0.497 e. The molecular formula is C27H25NO6S. The number of ether oxygens (including phenoxy) is 2. The van der Waals surface area contributed by atoms with Crippen LogP contribution in [0.25, 0.3) is 11.1 Å². The summed E-state index contributed by atoms with van der Waals surface area (Å²) in [5, 5.41) is 0. The molecule has 0 saturated carbocycles. The summed E-state index contributed by atoms with van der Waals surface area (Å²) in [6.07, 6.45) is 0. The first kappa shape index (κ1) is 24.1. The Kier molecular flexibility index (Phi) is 6.93. The highest BCUT2D eigenvalue weighted by molar-refractivity contribution is 7.90. The first-order valence-corrected chi connectivity index (χ1v) is 12.3. The van der Waals surface area contributed by atoms with Crippen molar-refractivity contribution in [2.75, 3.05) is 7.11 Å². The minimum Gasteiger partial charge on any atom is -0.497 e. The number of benzene rings is 3. The predicted molar refractivity (Wildman–Crippen MR) is 132 cm³/mol. The quantitative estimate of drug-likeness (QED) is 0.361. The van der Waals surface area contributed by atoms with Crippen molar-refractivity contribution in [3.63, 3.8) is 0 Å². The van der Waals surface area contributed by atoms with E-state index < -0.39 is 15.9 Å². The third-order valence-electron chi connectivity index (χ3n) is 5.52. The zero-order chi connectivity index (χ0) is 25.0. The van der Waals surface area contributed by atoms with E-state index in [-0.39, 0.29) is 17.3 Å². The summed E-state index contributed by atoms with van der Waals surface area (Å²) in [6.45, 7) is 3.88. The van der Waals surface area contributed by atoms with Crippen molar-refractivity contribution in [2.45, 2.75) is 25.3 Å². The molecule has 4 aromatic rings. The molecule has 1 aromatic heterocycles. The molecule has 0 aliphatic rings. The van der Waals surface area contributed by atoms with E-state index in [4.69, 9.17) is 13.9 Å². The van der Waals surface area contributed by atoms with Crippen LogP contribution in [-0.2, 0) is 16.6 Å². The second-order valence-corrected chi connectivity index (χ2v) is 9.62. The lowest BCUT2D eigenvalue weighted by Crippen LogP contribution is -2.30. The first-order valence-electron chi connectivity index (χ1n) is 10.9. The number of aryl methyl sites for hydroxylation is 2. The van der Waals surface area contributed by atoms with E-state index in [9.17, 15) is 13.2 Å². The summed E-state index contributed by atoms with van der Waals surface area (Å²) >= 11 is 0. The van der Waals surface area contributed by atoms with Crippen LogP contribution in [0.4, 0.5) is 0 Å². The maximum absolute atomic E-state index is 12.5. The molecule has 180 valence electrons. The van der Waals surface area contributed by atoms with Crippen molar-refractivity contribution in [3.8, 4) is 22.6 Å². The molecule has 0 aliphatic heterocycles. The molecule has 0 fully saturated rings. The van der Waals surface area contributed by atoms with Crippen molar-refractivity contribution >= 4 is 15.9 Å². The molecule has 35 heavy (non-hydrogen) atoms. The Hall–Kier alpha value is -4.04. The van der Waals surface area contributed by atoms with E-state index in [1.807, 2.05) is 54.1 Å². The van der Waals surface area contributed by atoms with Gasteiger partial charge in [0.25, 0.3) is 10.0 Å². The Balaban J connectivity index is 1.41. The molecule has 4 rings (SSSR count). The van der Waals surface area contributed by atoms with Crippen LogP contribution >= 0.6 is 0 Å². The van der Waals surface area contributed by atoms with Crippen LogP contribution < -0.4 is 14.2 Å². The summed E-state index contributed by atoms with van der Waals surface area (Å²) in [5.41, 5.74) is 3.90. The van der Waals surface area contributed by atoms with E-state index in [0.29, 0.717) is 17.1 Å². The minimum atomic E-state index is -4.00. The molecule has 8 heteroatoms. The molecule has 3 aromatic carbocycles. The maximum atomic E-state index is 12.5. The number of hydrogen-bond acceptors (Lipinski definition) is 6. The second-order valence-electron chi connectivity index (χ2n) is 7.93. The van der Waals surface area contributed by atoms with Gasteiger partial charge in [-0.15, -0.1) is 0 Å². The Bertz CT molecular complexity index is 1440. The highest BCUT2D eigenvalue weighted by Crippen LogP contribution is 2.28. The molecule has 0 atom stereocenters. The number of hydrogen-bond donors (Lipinski definition) is 1. The number of amides is 1. The summed E-state index contributed by atoms with van der Waals surface area (Å²) in [7, 11) is -2.36. The first-order chi connectivity index (χ1) is 16.8. The summed E-state index contributed by atoms with van der Waals surface area (Å²) in [6, 6.07) is 22.8. The lowest BCUT2D eigenvalue weighted by molar-refractivity contribution is 0.0953. The zero-order valence-electron chi connectivity index (χ0n) is 19.6. The van der Waals surface area contributed by atoms with Gasteiger partial charge in [-0.05, 0) is 73.0 Å². The van der Waals surface area contributed by atoms with Crippen LogP contribution in [-0.4, -0.2) is 21.4 Å². The topological polar surface area (TPSA) is 94.8 Å². The number of sulfonamides is 1. The van der Waals surface area contributed by atoms with Gasteiger partial charge in [-0.2, -0.15) is 0 Å². The normalized spacial score (nSPS) is 11.2. The van der Waals surface area contributed by atoms with Crippen molar-refractivity contribution in [2.24, 2.45) is 0 Å². The van der Waals surface area contributed by atoms with E-state index in [1.54, 1.807) is 32.2 Å². The molecule has 7 nitrogen and oxygen atoms in total. The molecule has 0 spiro atoms. The standard InChI is InChI=1S/C27H25NO6S/c1-18-15-23(32-3)13-14-25(18)20-9-11-22(12-10-20)33-17-21-16-26(34-19(21)2)27(29)28-35(30,31)24-7-5-4-6-8-24/h4-16H,17H2,1-3H3,(H,28,29). The molecule has 0 saturated heterocycles. The van der Waals surface area contributed by atoms with Gasteiger partial charge in [0.05, 0.1) is 12.0 Å². The molecule has 0 unspecified atom stereocenters. The van der Waals surface area contributed by atoms with Gasteiger partial charge < -0.3 is 13.9 Å². The molecule has 1 heterocycles. The lowest BCUT2D eigenvalue weighted by Gasteiger charge is -2.10. The SMILES string of the molecule is COc1ccc(-c2ccc(OCc3cc(C(=O)NS(=O)(=O)c4ccccc4)oc3C)cc2)c(C)c1. The van der Waals surface area contributed by atoms with Gasteiger partial charge in [0.1, 0.15) is 23.9 Å². The van der Waals surface area contributed by atoms with E-state index in [1.165, 1.54) is 18.2 Å². The van der Waals surface area contributed by atoms with Gasteiger partial charge in [-0.25, -0.2) is 13.1 Å². The number of carbonyl (C=O) groups excluding carboxylic acids is 1. The Labute approximate surface area is 204 Å². The van der Waals surface area contributed by atoms with Crippen LogP contribution in [0.15, 0.2) is 88.2 Å². The predicted octanol–water partition coefficient (Wildman–Crippen LogP) is 5.27. The van der Waals surface area contributed by atoms with Gasteiger partial charge in [0, 0.05) is 5.56 Å². The fourth-order valence-electron chi connectivity index (χ4n) is 3.58. The van der Waals surface area contributed by atoms with Crippen LogP contribution in [0.2, 0.25) is 0 Å². The number of carbonyl (C=O) groups is 1. The summed E-state index contributed by atoms with van der Waals surface area (Å²) in [4.78, 5) is 12.5. The van der Waals surface area contributed by atoms with Crippen molar-refractivity contribution < 1.29 is 27.1 Å². The number of nitrogens with one attached hydrogen (secondary N) is 1. The van der Waals surface area contributed by atoms with Gasteiger partial charge in [-0.1, -0.05) is 36.4 Å². The van der Waals surface area contributed by atoms with Gasteiger partial charge >= 0.3 is 5.91 Å². The van der Waals surface area contributed by atoms with Crippen molar-refractivity contribution in [3.05, 3.63) is 102 Å². The molecule has 0 radical (unpaired) electrons. The molecule has 1 N–H and O–H groups in total. The highest BCUT2D eigenvalue weighted by Gasteiger charge is 2.22. The van der Waals surface area contributed by atoms with Crippen LogP contribution in [0, 0.1) is 13.8 Å². The fraction of sp³-hybridized carbons (Fsp3) is 0.148. The van der Waals surface area contributed by atoms with Crippen LogP contribution in [0.1, 0.15) is 27.4 Å². The Morgan fingerprint density at radius 2 is 1.60 bits per heavy atom. The van der Waals surface area contributed by atoms with Gasteiger partial charge in [-0.3, -0.25) is 4.79 Å². The Morgan fingerprint density at radius 3 is 2.26 bits per heavy atom. The van der Waals surface area contributed by atoms with Gasteiger partial charge in [0.2, 0.25) is 0 Å². The number of methoxy groups -OCH3 is 1. The van der Waals surface area contributed by atoms with Crippen molar-refractivity contribution in [1.82, 2.24) is 4.72 Å². The molecule has 0 aliphatic carbocycles. The van der Waals surface area contributed by atoms with E-state index in [0.717, 1.165) is 22.4 Å². The second kappa shape index (κ2) is 10.1. The number of furan rings is 1. The van der Waals surface area contributed by atoms with E-state index in [2.05, 4.69) is 0 Å². The third kappa shape index (κ3) is 5.55. The molecule has 0 bridgehead atoms. The van der Waals surface area contributed by atoms with Crippen molar-refractivity contribution in [1.29, 1.82) is 0 Å². The molecule has 1 amide bonds.